The molecule has 1 amide bonds. The largest absolute Gasteiger partial charge is 0.449 e. The van der Waals surface area contributed by atoms with Gasteiger partial charge in [0.25, 0.3) is 5.91 Å². The molecule has 1 aromatic carbocycles. The molecular formula is C22H26N2O3. The molecule has 0 radical (unpaired) electrons. The minimum atomic E-state index is -0.779. The molecule has 3 rings (SSSR count). The predicted octanol–water partition coefficient (Wildman–Crippen LogP) is 3.97. The van der Waals surface area contributed by atoms with E-state index in [0.717, 1.165) is 43.1 Å². The summed E-state index contributed by atoms with van der Waals surface area (Å²) in [6.45, 7) is 4.48. The Balaban J connectivity index is 1.60. The van der Waals surface area contributed by atoms with Crippen molar-refractivity contribution in [1.29, 1.82) is 0 Å². The summed E-state index contributed by atoms with van der Waals surface area (Å²) >= 11 is 0. The van der Waals surface area contributed by atoms with E-state index in [4.69, 9.17) is 4.74 Å². The van der Waals surface area contributed by atoms with Gasteiger partial charge in [-0.1, -0.05) is 31.2 Å². The number of benzene rings is 1. The number of hydrogen-bond donors (Lipinski definition) is 0. The molecule has 5 heteroatoms. The highest BCUT2D eigenvalue weighted by molar-refractivity contribution is 5.90. The number of rotatable bonds is 5. The first kappa shape index (κ1) is 19.1. The van der Waals surface area contributed by atoms with Crippen molar-refractivity contribution in [2.24, 2.45) is 0 Å². The Morgan fingerprint density at radius 3 is 2.89 bits per heavy atom. The van der Waals surface area contributed by atoms with Gasteiger partial charge in [0.1, 0.15) is 0 Å². The number of hydrogen-bond acceptors (Lipinski definition) is 4. The fourth-order valence-electron chi connectivity index (χ4n) is 3.54. The number of likely N-dealkylation sites (tertiary alicyclic amines) is 1. The van der Waals surface area contributed by atoms with Crippen molar-refractivity contribution in [3.05, 3.63) is 48.2 Å². The molecule has 0 N–H and O–H groups in total. The van der Waals surface area contributed by atoms with Gasteiger partial charge in [0.2, 0.25) is 0 Å². The van der Waals surface area contributed by atoms with Gasteiger partial charge in [-0.15, -0.1) is 0 Å². The molecule has 0 saturated carbocycles. The SMILES string of the molecule is CCC1CCCCN1C(=O)C(C)OC(=O)/C=C/c1ccc2ccccc2n1. The smallest absolute Gasteiger partial charge is 0.331 e. The van der Waals surface area contributed by atoms with E-state index in [2.05, 4.69) is 11.9 Å². The number of piperidine rings is 1. The zero-order valence-electron chi connectivity index (χ0n) is 15.9. The lowest BCUT2D eigenvalue weighted by molar-refractivity contribution is -0.157. The average molecular weight is 366 g/mol. The van der Waals surface area contributed by atoms with E-state index in [-0.39, 0.29) is 11.9 Å². The van der Waals surface area contributed by atoms with Crippen molar-refractivity contribution in [3.63, 3.8) is 0 Å². The molecule has 2 unspecified atom stereocenters. The monoisotopic (exact) mass is 366 g/mol. The van der Waals surface area contributed by atoms with E-state index in [9.17, 15) is 9.59 Å². The lowest BCUT2D eigenvalue weighted by Gasteiger charge is -2.36. The summed E-state index contributed by atoms with van der Waals surface area (Å²) in [6, 6.07) is 11.9. The second-order valence-electron chi connectivity index (χ2n) is 6.93. The fraction of sp³-hybridized carbons (Fsp3) is 0.409. The van der Waals surface area contributed by atoms with Crippen molar-refractivity contribution in [1.82, 2.24) is 9.88 Å². The number of aromatic nitrogens is 1. The number of amides is 1. The molecule has 0 bridgehead atoms. The molecule has 1 saturated heterocycles. The molecule has 2 aromatic rings. The molecule has 1 fully saturated rings. The molecule has 1 aromatic heterocycles. The number of carbonyl (C=O) groups excluding carboxylic acids is 2. The number of fused-ring (bicyclic) bond motifs is 1. The normalized spacial score (nSPS) is 18.6. The van der Waals surface area contributed by atoms with Crippen LogP contribution in [0.5, 0.6) is 0 Å². The Morgan fingerprint density at radius 1 is 1.26 bits per heavy atom. The molecule has 2 heterocycles. The first-order chi connectivity index (χ1) is 13.1. The van der Waals surface area contributed by atoms with Crippen molar-refractivity contribution in [2.45, 2.75) is 51.7 Å². The van der Waals surface area contributed by atoms with Gasteiger partial charge in [0.15, 0.2) is 6.10 Å². The third-order valence-electron chi connectivity index (χ3n) is 5.03. The lowest BCUT2D eigenvalue weighted by atomic mass is 9.99. The topological polar surface area (TPSA) is 59.5 Å². The maximum Gasteiger partial charge on any atom is 0.331 e. The molecule has 5 nitrogen and oxygen atoms in total. The van der Waals surface area contributed by atoms with Crippen molar-refractivity contribution >= 4 is 28.9 Å². The van der Waals surface area contributed by atoms with Gasteiger partial charge in [0, 0.05) is 24.0 Å². The highest BCUT2D eigenvalue weighted by atomic mass is 16.5. The number of nitrogens with zero attached hydrogens (tertiary/aromatic N) is 2. The van der Waals surface area contributed by atoms with Crippen LogP contribution < -0.4 is 0 Å². The minimum absolute atomic E-state index is 0.105. The first-order valence-corrected chi connectivity index (χ1v) is 9.63. The van der Waals surface area contributed by atoms with E-state index >= 15 is 0 Å². The quantitative estimate of drug-likeness (QED) is 0.593. The highest BCUT2D eigenvalue weighted by Gasteiger charge is 2.30. The lowest BCUT2D eigenvalue weighted by Crippen LogP contribution is -2.48. The molecular weight excluding hydrogens is 340 g/mol. The Labute approximate surface area is 160 Å². The van der Waals surface area contributed by atoms with Gasteiger partial charge in [-0.25, -0.2) is 9.78 Å². The van der Waals surface area contributed by atoms with Crippen molar-refractivity contribution < 1.29 is 14.3 Å². The molecule has 27 heavy (non-hydrogen) atoms. The van der Waals surface area contributed by atoms with Crippen LogP contribution in [0.25, 0.3) is 17.0 Å². The van der Waals surface area contributed by atoms with Crippen molar-refractivity contribution in [3.8, 4) is 0 Å². The van der Waals surface area contributed by atoms with Gasteiger partial charge in [-0.2, -0.15) is 0 Å². The molecule has 1 aliphatic rings. The van der Waals surface area contributed by atoms with Crippen molar-refractivity contribution in [2.75, 3.05) is 6.54 Å². The van der Waals surface area contributed by atoms with Crippen LogP contribution in [0.15, 0.2) is 42.5 Å². The summed E-state index contributed by atoms with van der Waals surface area (Å²) in [5, 5.41) is 1.04. The fourth-order valence-corrected chi connectivity index (χ4v) is 3.54. The Kier molecular flexibility index (Phi) is 6.22. The van der Waals surface area contributed by atoms with Gasteiger partial charge in [0.05, 0.1) is 11.2 Å². The van der Waals surface area contributed by atoms with Crippen LogP contribution in [0.3, 0.4) is 0 Å². The van der Waals surface area contributed by atoms with Crippen LogP contribution in [0.1, 0.15) is 45.2 Å². The second kappa shape index (κ2) is 8.80. The molecule has 0 spiro atoms. The second-order valence-corrected chi connectivity index (χ2v) is 6.93. The Hall–Kier alpha value is -2.69. The zero-order chi connectivity index (χ0) is 19.2. The van der Waals surface area contributed by atoms with Crippen LogP contribution >= 0.6 is 0 Å². The van der Waals surface area contributed by atoms with Gasteiger partial charge in [-0.05, 0) is 50.8 Å². The summed E-state index contributed by atoms with van der Waals surface area (Å²) < 4.78 is 5.32. The number of pyridine rings is 1. The third-order valence-corrected chi connectivity index (χ3v) is 5.03. The van der Waals surface area contributed by atoms with Crippen LogP contribution in [0, 0.1) is 0 Å². The number of esters is 1. The summed E-state index contributed by atoms with van der Waals surface area (Å²) in [5.74, 6) is -0.636. The number of ether oxygens (including phenoxy) is 1. The average Bonchev–Trinajstić information content (AvgIpc) is 2.71. The van der Waals surface area contributed by atoms with E-state index < -0.39 is 12.1 Å². The summed E-state index contributed by atoms with van der Waals surface area (Å²) in [4.78, 5) is 31.1. The molecule has 2 atom stereocenters. The van der Waals surface area contributed by atoms with E-state index in [0.29, 0.717) is 5.69 Å². The van der Waals surface area contributed by atoms with Gasteiger partial charge < -0.3 is 9.64 Å². The van der Waals surface area contributed by atoms with Crippen LogP contribution in [0.2, 0.25) is 0 Å². The molecule has 1 aliphatic heterocycles. The van der Waals surface area contributed by atoms with Crippen LogP contribution in [-0.2, 0) is 14.3 Å². The van der Waals surface area contributed by atoms with E-state index in [1.165, 1.54) is 6.08 Å². The number of carbonyl (C=O) groups is 2. The molecule has 142 valence electrons. The minimum Gasteiger partial charge on any atom is -0.449 e. The predicted molar refractivity (Wildman–Crippen MR) is 106 cm³/mol. The maximum atomic E-state index is 12.6. The number of para-hydroxylation sites is 1. The summed E-state index contributed by atoms with van der Waals surface area (Å²) in [5.41, 5.74) is 1.54. The van der Waals surface area contributed by atoms with Gasteiger partial charge in [-0.3, -0.25) is 4.79 Å². The molecule has 0 aliphatic carbocycles. The van der Waals surface area contributed by atoms with Gasteiger partial charge >= 0.3 is 5.97 Å². The Morgan fingerprint density at radius 2 is 2.07 bits per heavy atom. The maximum absolute atomic E-state index is 12.6. The standard InChI is InChI=1S/C22H26N2O3/c1-3-19-9-6-7-15-24(19)22(26)16(2)27-21(25)14-13-18-12-11-17-8-4-5-10-20(17)23-18/h4-5,8,10-14,16,19H,3,6-7,9,15H2,1-2H3/b14-13+. The first-order valence-electron chi connectivity index (χ1n) is 9.63. The zero-order valence-corrected chi connectivity index (χ0v) is 15.9. The third kappa shape index (κ3) is 4.73. The van der Waals surface area contributed by atoms with Crippen LogP contribution in [0.4, 0.5) is 0 Å². The van der Waals surface area contributed by atoms with E-state index in [1.807, 2.05) is 41.3 Å². The van der Waals surface area contributed by atoms with E-state index in [1.54, 1.807) is 13.0 Å². The summed E-state index contributed by atoms with van der Waals surface area (Å²) in [7, 11) is 0. The van der Waals surface area contributed by atoms with Crippen LogP contribution in [-0.4, -0.2) is 40.5 Å². The highest BCUT2D eigenvalue weighted by Crippen LogP contribution is 2.21. The Bertz CT molecular complexity index is 846. The summed E-state index contributed by atoms with van der Waals surface area (Å²) in [6.07, 6.45) is 6.28.